The Morgan fingerprint density at radius 1 is 1.20 bits per heavy atom. The van der Waals surface area contributed by atoms with Crippen molar-refractivity contribution in [1.29, 1.82) is 0 Å². The van der Waals surface area contributed by atoms with Gasteiger partial charge >= 0.3 is 0 Å². The van der Waals surface area contributed by atoms with Gasteiger partial charge in [0.2, 0.25) is 0 Å². The SMILES string of the molecule is CCOC1CC(CC(=O)Cc2c(C)cc(C)cc2C)C1. The van der Waals surface area contributed by atoms with Crippen LogP contribution in [0.5, 0.6) is 0 Å². The molecule has 1 aromatic carbocycles. The lowest BCUT2D eigenvalue weighted by Gasteiger charge is -2.34. The normalized spacial score (nSPS) is 21.6. The van der Waals surface area contributed by atoms with Crippen molar-refractivity contribution in [1.82, 2.24) is 0 Å². The molecule has 20 heavy (non-hydrogen) atoms. The lowest BCUT2D eigenvalue weighted by Crippen LogP contribution is -2.33. The molecule has 1 aliphatic rings. The fourth-order valence-corrected chi connectivity index (χ4v) is 3.29. The maximum Gasteiger partial charge on any atom is 0.137 e. The number of ketones is 1. The molecule has 0 spiro atoms. The summed E-state index contributed by atoms with van der Waals surface area (Å²) < 4.78 is 5.55. The van der Waals surface area contributed by atoms with Gasteiger partial charge in [-0.2, -0.15) is 0 Å². The molecule has 0 N–H and O–H groups in total. The van der Waals surface area contributed by atoms with E-state index in [0.717, 1.165) is 25.9 Å². The maximum absolute atomic E-state index is 12.2. The first-order valence-electron chi connectivity index (χ1n) is 7.69. The van der Waals surface area contributed by atoms with Crippen LogP contribution in [0.1, 0.15) is 48.4 Å². The molecule has 0 heterocycles. The predicted molar refractivity (Wildman–Crippen MR) is 82.1 cm³/mol. The van der Waals surface area contributed by atoms with Gasteiger partial charge in [-0.05, 0) is 63.1 Å². The van der Waals surface area contributed by atoms with Crippen LogP contribution in [-0.2, 0) is 16.0 Å². The zero-order valence-electron chi connectivity index (χ0n) is 13.2. The molecule has 2 heteroatoms. The summed E-state index contributed by atoms with van der Waals surface area (Å²) >= 11 is 0. The standard InChI is InChI=1S/C18H26O2/c1-5-20-17-9-15(10-17)8-16(19)11-18-13(3)6-12(2)7-14(18)4/h6-7,15,17H,5,8-11H2,1-4H3. The van der Waals surface area contributed by atoms with Crippen LogP contribution < -0.4 is 0 Å². The number of carbonyl (C=O) groups is 1. The third-order valence-corrected chi connectivity index (χ3v) is 4.33. The molecular weight excluding hydrogens is 248 g/mol. The zero-order valence-corrected chi connectivity index (χ0v) is 13.2. The van der Waals surface area contributed by atoms with E-state index in [1.807, 2.05) is 6.92 Å². The number of ether oxygens (including phenoxy) is 1. The molecule has 0 aliphatic heterocycles. The van der Waals surface area contributed by atoms with Crippen LogP contribution in [0.3, 0.4) is 0 Å². The quantitative estimate of drug-likeness (QED) is 0.785. The van der Waals surface area contributed by atoms with Gasteiger partial charge in [-0.1, -0.05) is 17.7 Å². The number of benzene rings is 1. The second-order valence-corrected chi connectivity index (χ2v) is 6.21. The molecule has 0 radical (unpaired) electrons. The van der Waals surface area contributed by atoms with E-state index < -0.39 is 0 Å². The number of Topliss-reactive ketones (excluding diaryl/α,β-unsaturated/α-hetero) is 1. The minimum Gasteiger partial charge on any atom is -0.378 e. The molecule has 2 rings (SSSR count). The Labute approximate surface area is 122 Å². The minimum absolute atomic E-state index is 0.375. The fraction of sp³-hybridized carbons (Fsp3) is 0.611. The van der Waals surface area contributed by atoms with Gasteiger partial charge in [-0.15, -0.1) is 0 Å². The van der Waals surface area contributed by atoms with Crippen molar-refractivity contribution < 1.29 is 9.53 Å². The summed E-state index contributed by atoms with van der Waals surface area (Å²) in [5, 5.41) is 0. The minimum atomic E-state index is 0.375. The smallest absolute Gasteiger partial charge is 0.137 e. The van der Waals surface area contributed by atoms with Crippen LogP contribution in [0.15, 0.2) is 12.1 Å². The number of carbonyl (C=O) groups excluding carboxylic acids is 1. The first kappa shape index (κ1) is 15.2. The monoisotopic (exact) mass is 274 g/mol. The lowest BCUT2D eigenvalue weighted by molar-refractivity contribution is -0.121. The number of aryl methyl sites for hydroxylation is 3. The van der Waals surface area contributed by atoms with Gasteiger partial charge in [0, 0.05) is 19.4 Å². The van der Waals surface area contributed by atoms with Crippen molar-refractivity contribution in [3.63, 3.8) is 0 Å². The maximum atomic E-state index is 12.2. The van der Waals surface area contributed by atoms with E-state index in [9.17, 15) is 4.79 Å². The average molecular weight is 274 g/mol. The van der Waals surface area contributed by atoms with E-state index in [1.54, 1.807) is 0 Å². The lowest BCUT2D eigenvalue weighted by atomic mass is 9.78. The van der Waals surface area contributed by atoms with Gasteiger partial charge < -0.3 is 4.74 Å². The van der Waals surface area contributed by atoms with Gasteiger partial charge in [0.25, 0.3) is 0 Å². The summed E-state index contributed by atoms with van der Waals surface area (Å²) in [5.41, 5.74) is 4.99. The Morgan fingerprint density at radius 3 is 2.35 bits per heavy atom. The summed E-state index contributed by atoms with van der Waals surface area (Å²) in [6.07, 6.45) is 3.83. The Bertz CT molecular complexity index is 461. The van der Waals surface area contributed by atoms with Crippen LogP contribution in [0.4, 0.5) is 0 Å². The first-order valence-corrected chi connectivity index (χ1v) is 7.69. The second kappa shape index (κ2) is 6.53. The third-order valence-electron chi connectivity index (χ3n) is 4.33. The molecule has 2 nitrogen and oxygen atoms in total. The Hall–Kier alpha value is -1.15. The second-order valence-electron chi connectivity index (χ2n) is 6.21. The summed E-state index contributed by atoms with van der Waals surface area (Å²) in [6, 6.07) is 4.34. The van der Waals surface area contributed by atoms with Crippen LogP contribution in [0.2, 0.25) is 0 Å². The van der Waals surface area contributed by atoms with Crippen molar-refractivity contribution >= 4 is 5.78 Å². The largest absolute Gasteiger partial charge is 0.378 e. The molecule has 1 aliphatic carbocycles. The van der Waals surface area contributed by atoms with Crippen LogP contribution in [-0.4, -0.2) is 18.5 Å². The highest BCUT2D eigenvalue weighted by Crippen LogP contribution is 2.33. The van der Waals surface area contributed by atoms with E-state index in [0.29, 0.717) is 24.2 Å². The van der Waals surface area contributed by atoms with Gasteiger partial charge in [-0.3, -0.25) is 4.79 Å². The third kappa shape index (κ3) is 3.69. The van der Waals surface area contributed by atoms with Gasteiger partial charge in [0.15, 0.2) is 0 Å². The molecular formula is C18H26O2. The zero-order chi connectivity index (χ0) is 14.7. The van der Waals surface area contributed by atoms with Gasteiger partial charge in [0.1, 0.15) is 5.78 Å². The van der Waals surface area contributed by atoms with Crippen molar-refractivity contribution in [3.05, 3.63) is 34.4 Å². The fourth-order valence-electron chi connectivity index (χ4n) is 3.29. The summed E-state index contributed by atoms with van der Waals surface area (Å²) in [7, 11) is 0. The Kier molecular flexibility index (Phi) is 4.98. The number of hydrogen-bond acceptors (Lipinski definition) is 2. The average Bonchev–Trinajstić information content (AvgIpc) is 2.31. The predicted octanol–water partition coefficient (Wildman–Crippen LogP) is 3.93. The molecule has 110 valence electrons. The van der Waals surface area contributed by atoms with Crippen molar-refractivity contribution in [3.8, 4) is 0 Å². The van der Waals surface area contributed by atoms with Crippen molar-refractivity contribution in [2.75, 3.05) is 6.61 Å². The topological polar surface area (TPSA) is 26.3 Å². The van der Waals surface area contributed by atoms with Crippen LogP contribution in [0, 0.1) is 26.7 Å². The van der Waals surface area contributed by atoms with E-state index in [2.05, 4.69) is 32.9 Å². The Balaban J connectivity index is 1.87. The summed E-state index contributed by atoms with van der Waals surface area (Å²) in [4.78, 5) is 12.2. The van der Waals surface area contributed by atoms with Gasteiger partial charge in [0.05, 0.1) is 6.10 Å². The molecule has 0 bridgehead atoms. The highest BCUT2D eigenvalue weighted by Gasteiger charge is 2.31. The summed E-state index contributed by atoms with van der Waals surface area (Å²) in [6.45, 7) is 9.14. The molecule has 1 saturated carbocycles. The number of hydrogen-bond donors (Lipinski definition) is 0. The highest BCUT2D eigenvalue weighted by atomic mass is 16.5. The summed E-state index contributed by atoms with van der Waals surface area (Å²) in [5.74, 6) is 0.921. The van der Waals surface area contributed by atoms with Crippen LogP contribution in [0.25, 0.3) is 0 Å². The van der Waals surface area contributed by atoms with E-state index in [1.165, 1.54) is 22.3 Å². The highest BCUT2D eigenvalue weighted by molar-refractivity contribution is 5.82. The molecule has 0 atom stereocenters. The molecule has 0 aromatic heterocycles. The Morgan fingerprint density at radius 2 is 1.80 bits per heavy atom. The number of rotatable bonds is 6. The molecule has 1 aromatic rings. The van der Waals surface area contributed by atoms with Gasteiger partial charge in [-0.25, -0.2) is 0 Å². The van der Waals surface area contributed by atoms with Crippen LogP contribution >= 0.6 is 0 Å². The van der Waals surface area contributed by atoms with E-state index >= 15 is 0 Å². The molecule has 0 amide bonds. The molecule has 1 fully saturated rings. The first-order chi connectivity index (χ1) is 9.49. The van der Waals surface area contributed by atoms with E-state index in [-0.39, 0.29) is 0 Å². The van der Waals surface area contributed by atoms with E-state index in [4.69, 9.17) is 4.74 Å². The van der Waals surface area contributed by atoms with Crippen molar-refractivity contribution in [2.45, 2.75) is 59.5 Å². The molecule has 0 unspecified atom stereocenters. The molecule has 0 saturated heterocycles. The van der Waals surface area contributed by atoms with Crippen molar-refractivity contribution in [2.24, 2.45) is 5.92 Å².